The third kappa shape index (κ3) is 3.30. The summed E-state index contributed by atoms with van der Waals surface area (Å²) >= 11 is 3.38. The van der Waals surface area contributed by atoms with Crippen LogP contribution in [0.1, 0.15) is 18.4 Å². The minimum atomic E-state index is -0.713. The average Bonchev–Trinajstić information content (AvgIpc) is 2.81. The number of carboxylic acid groups (broad SMARTS) is 1. The van der Waals surface area contributed by atoms with Gasteiger partial charge in [0.25, 0.3) is 0 Å². The summed E-state index contributed by atoms with van der Waals surface area (Å²) in [6, 6.07) is 7.50. The molecule has 17 heavy (non-hydrogen) atoms. The van der Waals surface area contributed by atoms with E-state index < -0.39 is 5.97 Å². The van der Waals surface area contributed by atoms with Gasteiger partial charge in [-0.1, -0.05) is 28.1 Å². The summed E-state index contributed by atoms with van der Waals surface area (Å²) in [6.07, 6.45) is 2.82. The van der Waals surface area contributed by atoms with Gasteiger partial charge in [0.05, 0.1) is 0 Å². The monoisotopic (exact) mass is 297 g/mol. The lowest BCUT2D eigenvalue weighted by atomic mass is 10.1. The number of rotatable bonds is 4. The van der Waals surface area contributed by atoms with Crippen LogP contribution in [0.25, 0.3) is 0 Å². The van der Waals surface area contributed by atoms with Crippen LogP contribution in [0.2, 0.25) is 0 Å². The van der Waals surface area contributed by atoms with Gasteiger partial charge in [0, 0.05) is 4.47 Å². The lowest BCUT2D eigenvalue weighted by Crippen LogP contribution is -2.40. The Bertz CT molecular complexity index is 385. The molecule has 2 rings (SSSR count). The highest BCUT2D eigenvalue weighted by molar-refractivity contribution is 9.10. The second-order valence-corrected chi connectivity index (χ2v) is 5.34. The van der Waals surface area contributed by atoms with Crippen molar-refractivity contribution in [1.82, 2.24) is 4.90 Å². The first-order chi connectivity index (χ1) is 8.16. The quantitative estimate of drug-likeness (QED) is 0.928. The van der Waals surface area contributed by atoms with Gasteiger partial charge in [-0.25, -0.2) is 0 Å². The van der Waals surface area contributed by atoms with Gasteiger partial charge < -0.3 is 5.11 Å². The molecule has 1 aromatic rings. The van der Waals surface area contributed by atoms with E-state index in [1.807, 2.05) is 24.3 Å². The number of aliphatic carboxylic acids is 1. The number of benzene rings is 1. The minimum absolute atomic E-state index is 0.376. The average molecular weight is 298 g/mol. The Labute approximate surface area is 110 Å². The van der Waals surface area contributed by atoms with E-state index in [1.165, 1.54) is 0 Å². The van der Waals surface area contributed by atoms with E-state index in [0.29, 0.717) is 6.42 Å². The highest BCUT2D eigenvalue weighted by atomic mass is 79.9. The third-order valence-electron chi connectivity index (χ3n) is 3.21. The zero-order valence-corrected chi connectivity index (χ0v) is 11.2. The fourth-order valence-electron chi connectivity index (χ4n) is 2.27. The van der Waals surface area contributed by atoms with Gasteiger partial charge in [0.2, 0.25) is 0 Å². The Morgan fingerprint density at radius 1 is 1.29 bits per heavy atom. The number of hydrogen-bond donors (Lipinski definition) is 1. The van der Waals surface area contributed by atoms with Gasteiger partial charge in [0.1, 0.15) is 6.04 Å². The van der Waals surface area contributed by atoms with Crippen molar-refractivity contribution < 1.29 is 9.90 Å². The van der Waals surface area contributed by atoms with Crippen LogP contribution in [0.4, 0.5) is 0 Å². The molecule has 0 aliphatic carbocycles. The molecular weight excluding hydrogens is 282 g/mol. The van der Waals surface area contributed by atoms with E-state index in [9.17, 15) is 9.90 Å². The fourth-order valence-corrected chi connectivity index (χ4v) is 2.53. The first-order valence-corrected chi connectivity index (χ1v) is 6.67. The number of hydrogen-bond acceptors (Lipinski definition) is 2. The lowest BCUT2D eigenvalue weighted by Gasteiger charge is -2.23. The Kier molecular flexibility index (Phi) is 4.18. The summed E-state index contributed by atoms with van der Waals surface area (Å²) in [5.41, 5.74) is 1.08. The van der Waals surface area contributed by atoms with Gasteiger partial charge in [-0.2, -0.15) is 0 Å². The van der Waals surface area contributed by atoms with Crippen LogP contribution in [0.3, 0.4) is 0 Å². The maximum absolute atomic E-state index is 11.3. The second kappa shape index (κ2) is 5.65. The Hall–Kier alpha value is -0.870. The number of nitrogens with zero attached hydrogens (tertiary/aromatic N) is 1. The highest BCUT2D eigenvalue weighted by Gasteiger charge is 2.27. The predicted molar refractivity (Wildman–Crippen MR) is 70.1 cm³/mol. The molecule has 0 saturated carbocycles. The maximum Gasteiger partial charge on any atom is 0.321 e. The molecule has 0 radical (unpaired) electrons. The highest BCUT2D eigenvalue weighted by Crippen LogP contribution is 2.17. The summed E-state index contributed by atoms with van der Waals surface area (Å²) in [5.74, 6) is -0.713. The summed E-state index contributed by atoms with van der Waals surface area (Å²) in [4.78, 5) is 13.4. The van der Waals surface area contributed by atoms with Crippen molar-refractivity contribution in [2.24, 2.45) is 0 Å². The second-order valence-electron chi connectivity index (χ2n) is 4.43. The van der Waals surface area contributed by atoms with Crippen LogP contribution in [0.15, 0.2) is 28.7 Å². The van der Waals surface area contributed by atoms with Crippen LogP contribution in [0.5, 0.6) is 0 Å². The Morgan fingerprint density at radius 3 is 2.41 bits per heavy atom. The molecule has 1 N–H and O–H groups in total. The number of carbonyl (C=O) groups is 1. The standard InChI is InChI=1S/C13H16BrNO2/c14-11-5-3-10(4-6-11)9-12(13(16)17)15-7-1-2-8-15/h3-6,12H,1-2,7-9H2,(H,16,17)/t12-/m1/s1. The number of carboxylic acids is 1. The zero-order chi connectivity index (χ0) is 12.3. The van der Waals surface area contributed by atoms with Crippen molar-refractivity contribution in [1.29, 1.82) is 0 Å². The van der Waals surface area contributed by atoms with Gasteiger partial charge in [-0.15, -0.1) is 0 Å². The van der Waals surface area contributed by atoms with Gasteiger partial charge in [-0.3, -0.25) is 9.69 Å². The molecule has 3 nitrogen and oxygen atoms in total. The maximum atomic E-state index is 11.3. The molecule has 1 heterocycles. The molecule has 1 fully saturated rings. The van der Waals surface area contributed by atoms with Crippen molar-refractivity contribution in [2.45, 2.75) is 25.3 Å². The first-order valence-electron chi connectivity index (χ1n) is 5.88. The molecule has 0 aromatic heterocycles. The molecule has 0 unspecified atom stereocenters. The van der Waals surface area contributed by atoms with Gasteiger partial charge >= 0.3 is 5.97 Å². The van der Waals surface area contributed by atoms with E-state index in [2.05, 4.69) is 20.8 Å². The van der Waals surface area contributed by atoms with Crippen LogP contribution in [0, 0.1) is 0 Å². The number of likely N-dealkylation sites (tertiary alicyclic amines) is 1. The molecule has 4 heteroatoms. The van der Waals surface area contributed by atoms with Crippen LogP contribution >= 0.6 is 15.9 Å². The van der Waals surface area contributed by atoms with E-state index in [-0.39, 0.29) is 6.04 Å². The first kappa shape index (κ1) is 12.6. The SMILES string of the molecule is O=C(O)[C@@H](Cc1ccc(Br)cc1)N1CCCC1. The number of halogens is 1. The van der Waals surface area contributed by atoms with E-state index in [1.54, 1.807) is 0 Å². The fraction of sp³-hybridized carbons (Fsp3) is 0.462. The van der Waals surface area contributed by atoms with Crippen LogP contribution in [-0.2, 0) is 11.2 Å². The summed E-state index contributed by atoms with van der Waals surface area (Å²) in [6.45, 7) is 1.82. The van der Waals surface area contributed by atoms with E-state index >= 15 is 0 Å². The smallest absolute Gasteiger partial charge is 0.321 e. The van der Waals surface area contributed by atoms with Gasteiger partial charge in [0.15, 0.2) is 0 Å². The predicted octanol–water partition coefficient (Wildman–Crippen LogP) is 2.54. The normalized spacial score (nSPS) is 18.2. The largest absolute Gasteiger partial charge is 0.480 e. The van der Waals surface area contributed by atoms with Crippen LogP contribution < -0.4 is 0 Å². The summed E-state index contributed by atoms with van der Waals surface area (Å²) in [7, 11) is 0. The van der Waals surface area contributed by atoms with Crippen molar-refractivity contribution in [3.63, 3.8) is 0 Å². The molecule has 0 spiro atoms. The van der Waals surface area contributed by atoms with Gasteiger partial charge in [-0.05, 0) is 50.0 Å². The van der Waals surface area contributed by atoms with Crippen LogP contribution in [-0.4, -0.2) is 35.1 Å². The Balaban J connectivity index is 2.06. The van der Waals surface area contributed by atoms with E-state index in [4.69, 9.17) is 0 Å². The van der Waals surface area contributed by atoms with Crippen molar-refractivity contribution in [3.8, 4) is 0 Å². The molecule has 0 amide bonds. The molecule has 1 aliphatic heterocycles. The van der Waals surface area contributed by atoms with Crippen molar-refractivity contribution >= 4 is 21.9 Å². The summed E-state index contributed by atoms with van der Waals surface area (Å²) < 4.78 is 1.02. The lowest BCUT2D eigenvalue weighted by molar-refractivity contribution is -0.142. The topological polar surface area (TPSA) is 40.5 Å². The molecule has 1 aromatic carbocycles. The Morgan fingerprint density at radius 2 is 1.88 bits per heavy atom. The van der Waals surface area contributed by atoms with E-state index in [0.717, 1.165) is 36.0 Å². The summed E-state index contributed by atoms with van der Waals surface area (Å²) in [5, 5.41) is 9.30. The minimum Gasteiger partial charge on any atom is -0.480 e. The molecule has 1 atom stereocenters. The van der Waals surface area contributed by atoms with Crippen molar-refractivity contribution in [3.05, 3.63) is 34.3 Å². The zero-order valence-electron chi connectivity index (χ0n) is 9.60. The third-order valence-corrected chi connectivity index (χ3v) is 3.74. The molecule has 0 bridgehead atoms. The molecular formula is C13H16BrNO2. The van der Waals surface area contributed by atoms with Crippen molar-refractivity contribution in [2.75, 3.05) is 13.1 Å². The molecule has 1 saturated heterocycles. The molecule has 1 aliphatic rings. The molecule has 92 valence electrons.